The summed E-state index contributed by atoms with van der Waals surface area (Å²) in [5.74, 6) is 0. The molecule has 4 heterocycles. The first kappa shape index (κ1) is 30.4. The van der Waals surface area contributed by atoms with Crippen LogP contribution in [0.1, 0.15) is 31.2 Å². The highest BCUT2D eigenvalue weighted by Gasteiger charge is 2.23. The van der Waals surface area contributed by atoms with E-state index < -0.39 is 21.6 Å². The number of allylic oxidation sites excluding steroid dienone is 4. The molecule has 0 saturated heterocycles. The Kier molecular flexibility index (Phi) is 9.61. The van der Waals surface area contributed by atoms with E-state index in [9.17, 15) is 8.42 Å². The molecule has 0 spiro atoms. The lowest BCUT2D eigenvalue weighted by Crippen LogP contribution is -2.28. The molecule has 0 fully saturated rings. The molecule has 10 heteroatoms. The monoisotopic (exact) mass is 679 g/mol. The number of aryl methyl sites for hydroxylation is 1. The molecule has 6 rings (SSSR count). The van der Waals surface area contributed by atoms with Crippen molar-refractivity contribution < 1.29 is 13.0 Å². The van der Waals surface area contributed by atoms with Crippen molar-refractivity contribution in [3.05, 3.63) is 105 Å². The van der Waals surface area contributed by atoms with Crippen LogP contribution in [0.25, 0.3) is 16.3 Å². The number of hydrogen-bond donors (Lipinski definition) is 0. The summed E-state index contributed by atoms with van der Waals surface area (Å²) in [6, 6.07) is 20.0. The zero-order valence-corrected chi connectivity index (χ0v) is 28.9. The molecule has 2 aromatic carbocycles. The lowest BCUT2D eigenvalue weighted by molar-refractivity contribution is -0.642. The molecule has 0 amide bonds. The lowest BCUT2D eigenvalue weighted by atomic mass is 10.1. The van der Waals surface area contributed by atoms with E-state index in [0.29, 0.717) is 0 Å². The third kappa shape index (κ3) is 6.60. The number of fused-ring (bicyclic) bond motifs is 2. The summed E-state index contributed by atoms with van der Waals surface area (Å²) < 4.78 is 31.2. The molecule has 0 radical (unpaired) electrons. The van der Waals surface area contributed by atoms with Gasteiger partial charge in [0, 0.05) is 29.0 Å². The number of rotatable bonds is 10. The predicted octanol–water partition coefficient (Wildman–Crippen LogP) is 9.40. The summed E-state index contributed by atoms with van der Waals surface area (Å²) in [6.45, 7) is 2.22. The van der Waals surface area contributed by atoms with E-state index >= 15 is 0 Å². The fraction of sp³-hybridized carbons (Fsp3) is 0.182. The van der Waals surface area contributed by atoms with Gasteiger partial charge in [-0.15, -0.1) is 22.7 Å². The van der Waals surface area contributed by atoms with Gasteiger partial charge in [-0.3, -0.25) is 0 Å². The molecule has 2 unspecified atom stereocenters. The molecule has 1 aliphatic heterocycles. The summed E-state index contributed by atoms with van der Waals surface area (Å²) in [5.41, 5.74) is 3.46. The molecule has 0 bridgehead atoms. The average Bonchev–Trinajstić information content (AvgIpc) is 3.85. The van der Waals surface area contributed by atoms with Gasteiger partial charge in [0.2, 0.25) is 5.52 Å². The fourth-order valence-corrected chi connectivity index (χ4v) is 11.0. The maximum atomic E-state index is 13.0. The molecule has 4 nitrogen and oxygen atoms in total. The van der Waals surface area contributed by atoms with Crippen molar-refractivity contribution in [3.63, 3.8) is 0 Å². The number of thiophene rings is 2. The van der Waals surface area contributed by atoms with Gasteiger partial charge in [0.15, 0.2) is 0 Å². The van der Waals surface area contributed by atoms with Crippen LogP contribution in [0.2, 0.25) is 0 Å². The highest BCUT2D eigenvalue weighted by molar-refractivity contribution is 8.03. The minimum Gasteiger partial charge on any atom is -0.338 e. The summed E-state index contributed by atoms with van der Waals surface area (Å²) >= 11 is 6.55. The minimum absolute atomic E-state index is 0.832. The number of hydrogen-bond acceptors (Lipinski definition) is 7. The van der Waals surface area contributed by atoms with Crippen LogP contribution in [0.4, 0.5) is 5.69 Å². The van der Waals surface area contributed by atoms with Gasteiger partial charge in [-0.05, 0) is 77.7 Å². The van der Waals surface area contributed by atoms with Gasteiger partial charge in [0.05, 0.1) is 45.6 Å². The first-order valence-corrected chi connectivity index (χ1v) is 19.6. The van der Waals surface area contributed by atoms with Gasteiger partial charge in [-0.2, -0.15) is 4.57 Å². The molecule has 1 aliphatic rings. The Hall–Kier alpha value is -2.60. The van der Waals surface area contributed by atoms with Crippen molar-refractivity contribution in [3.8, 4) is 0 Å². The molecule has 0 N–H and O–H groups in total. The highest BCUT2D eigenvalue weighted by Crippen LogP contribution is 2.46. The van der Waals surface area contributed by atoms with E-state index in [-0.39, 0.29) is 0 Å². The van der Waals surface area contributed by atoms with E-state index in [1.54, 1.807) is 23.1 Å². The van der Waals surface area contributed by atoms with Crippen LogP contribution in [-0.4, -0.2) is 15.5 Å². The van der Waals surface area contributed by atoms with Crippen LogP contribution < -0.4 is 9.47 Å². The van der Waals surface area contributed by atoms with Gasteiger partial charge in [-0.1, -0.05) is 60.7 Å². The predicted molar refractivity (Wildman–Crippen MR) is 186 cm³/mol. The summed E-state index contributed by atoms with van der Waals surface area (Å²) in [5, 5.41) is 6.23. The SMILES string of the molecule is CCCCC(/C=C/c1sc2ccc(S(=O)c3cccs3)cc2[n+]1C)=C\C=C1/Sc2ccc(S(=O)c3cccs3)cc2N1C. The topological polar surface area (TPSA) is 41.3 Å². The summed E-state index contributed by atoms with van der Waals surface area (Å²) in [4.78, 5) is 5.03. The third-order valence-corrected chi connectivity index (χ3v) is 14.7. The zero-order valence-electron chi connectivity index (χ0n) is 24.0. The first-order chi connectivity index (χ1) is 20.9. The Morgan fingerprint density at radius 2 is 1.65 bits per heavy atom. The van der Waals surface area contributed by atoms with E-state index in [2.05, 4.69) is 79.1 Å². The molecule has 5 aromatic rings. The largest absolute Gasteiger partial charge is 0.338 e. The molecule has 43 heavy (non-hydrogen) atoms. The van der Waals surface area contributed by atoms with Crippen molar-refractivity contribution in [2.45, 2.75) is 49.3 Å². The minimum atomic E-state index is -1.16. The van der Waals surface area contributed by atoms with Crippen LogP contribution in [0.15, 0.2) is 123 Å². The maximum absolute atomic E-state index is 13.0. The van der Waals surface area contributed by atoms with Crippen molar-refractivity contribution in [2.75, 3.05) is 11.9 Å². The number of thiazole rings is 1. The Labute approximate surface area is 274 Å². The Morgan fingerprint density at radius 1 is 0.953 bits per heavy atom. The van der Waals surface area contributed by atoms with Gasteiger partial charge >= 0.3 is 0 Å². The van der Waals surface area contributed by atoms with Crippen LogP contribution >= 0.6 is 45.8 Å². The normalized spacial score (nSPS) is 16.0. The van der Waals surface area contributed by atoms with Crippen molar-refractivity contribution in [1.82, 2.24) is 0 Å². The Morgan fingerprint density at radius 3 is 2.33 bits per heavy atom. The number of nitrogens with zero attached hydrogens (tertiary/aromatic N) is 2. The van der Waals surface area contributed by atoms with Crippen molar-refractivity contribution in [2.24, 2.45) is 7.05 Å². The number of aromatic nitrogens is 1. The van der Waals surface area contributed by atoms with Crippen LogP contribution in [0, 0.1) is 0 Å². The zero-order chi connectivity index (χ0) is 29.9. The first-order valence-electron chi connectivity index (χ1n) is 13.9. The quantitative estimate of drug-likeness (QED) is 0.109. The van der Waals surface area contributed by atoms with Crippen LogP contribution in [0.5, 0.6) is 0 Å². The third-order valence-electron chi connectivity index (χ3n) is 7.16. The number of anilines is 1. The second-order valence-electron chi connectivity index (χ2n) is 10.0. The maximum Gasteiger partial charge on any atom is 0.262 e. The number of benzene rings is 2. The van der Waals surface area contributed by atoms with E-state index in [4.69, 9.17) is 0 Å². The van der Waals surface area contributed by atoms with Gasteiger partial charge in [0.25, 0.3) is 5.01 Å². The second kappa shape index (κ2) is 13.6. The lowest BCUT2D eigenvalue weighted by Gasteiger charge is -2.14. The second-order valence-corrected chi connectivity index (χ2v) is 17.4. The molecule has 0 aliphatic carbocycles. The smallest absolute Gasteiger partial charge is 0.262 e. The molecule has 3 aromatic heterocycles. The fourth-order valence-electron chi connectivity index (χ4n) is 4.74. The molecular weight excluding hydrogens is 649 g/mol. The van der Waals surface area contributed by atoms with Crippen molar-refractivity contribution in [1.29, 1.82) is 0 Å². The molecule has 2 atom stereocenters. The standard InChI is InChI=1S/C33H31N2O2S6/c1-4-5-8-23(11-17-30-34(2)26-21-24(13-15-28(26)40-30)42(36)32-9-6-19-38-32)12-18-31-35(3)27-22-25(14-16-29(27)41-31)43(37)33-10-7-20-39-33/h6-7,9-22H,4-5,8H2,1-3H3/q+1. The summed E-state index contributed by atoms with van der Waals surface area (Å²) in [7, 11) is 1.83. The number of unbranched alkanes of at least 4 members (excludes halogenated alkanes) is 1. The Bertz CT molecular complexity index is 1900. The highest BCUT2D eigenvalue weighted by atomic mass is 32.2. The van der Waals surface area contributed by atoms with Crippen molar-refractivity contribution >= 4 is 89.4 Å². The van der Waals surface area contributed by atoms with Gasteiger partial charge in [0.1, 0.15) is 11.7 Å². The average molecular weight is 680 g/mol. The van der Waals surface area contributed by atoms with E-state index in [1.807, 2.05) is 47.2 Å². The molecular formula is C33H31N2O2S6+. The van der Waals surface area contributed by atoms with E-state index in [0.717, 1.165) is 58.7 Å². The molecule has 0 saturated carbocycles. The van der Waals surface area contributed by atoms with Crippen LogP contribution in [0.3, 0.4) is 0 Å². The van der Waals surface area contributed by atoms with Gasteiger partial charge < -0.3 is 4.90 Å². The number of thioether (sulfide) groups is 1. The van der Waals surface area contributed by atoms with Gasteiger partial charge in [-0.25, -0.2) is 8.42 Å². The Balaban J connectivity index is 1.23. The molecule has 220 valence electrons. The summed E-state index contributed by atoms with van der Waals surface area (Å²) in [6.07, 6.45) is 12.1. The van der Waals surface area contributed by atoms with E-state index in [1.165, 1.54) is 37.8 Å². The van der Waals surface area contributed by atoms with Crippen LogP contribution in [-0.2, 0) is 28.6 Å².